The van der Waals surface area contributed by atoms with E-state index in [9.17, 15) is 0 Å². The van der Waals surface area contributed by atoms with E-state index in [-0.39, 0.29) is 6.04 Å². The van der Waals surface area contributed by atoms with Gasteiger partial charge in [-0.1, -0.05) is 0 Å². The second-order valence-corrected chi connectivity index (χ2v) is 3.48. The number of hydrogen-bond donors (Lipinski definition) is 1. The lowest BCUT2D eigenvalue weighted by Gasteiger charge is -2.11. The fourth-order valence-electron chi connectivity index (χ4n) is 1.27. The molecule has 0 spiro atoms. The number of hydrogen-bond acceptors (Lipinski definition) is 5. The Labute approximate surface area is 86.1 Å². The van der Waals surface area contributed by atoms with Crippen LogP contribution in [-0.4, -0.2) is 22.0 Å². The van der Waals surface area contributed by atoms with Gasteiger partial charge in [-0.15, -0.1) is 11.3 Å². The van der Waals surface area contributed by atoms with Crippen LogP contribution in [0.4, 0.5) is 0 Å². The van der Waals surface area contributed by atoms with Crippen LogP contribution in [0, 0.1) is 0 Å². The van der Waals surface area contributed by atoms with Gasteiger partial charge in [-0.25, -0.2) is 4.98 Å². The molecular formula is C9H10N4S. The first-order valence-corrected chi connectivity index (χ1v) is 5.17. The standard InChI is InChI=1S/C9H10N4S/c1-10-9(8-5-14-6-13-8)7-4-11-2-3-12-7/h2-6,9-10H,1H3. The smallest absolute Gasteiger partial charge is 0.0946 e. The van der Waals surface area contributed by atoms with Crippen LogP contribution in [-0.2, 0) is 0 Å². The van der Waals surface area contributed by atoms with Crippen molar-refractivity contribution in [3.05, 3.63) is 40.9 Å². The van der Waals surface area contributed by atoms with Gasteiger partial charge in [0.2, 0.25) is 0 Å². The molecule has 4 nitrogen and oxygen atoms in total. The largest absolute Gasteiger partial charge is 0.307 e. The maximum absolute atomic E-state index is 4.25. The summed E-state index contributed by atoms with van der Waals surface area (Å²) in [5.74, 6) is 0. The van der Waals surface area contributed by atoms with Crippen LogP contribution in [0.2, 0.25) is 0 Å². The minimum atomic E-state index is 0.0370. The van der Waals surface area contributed by atoms with Gasteiger partial charge in [0.05, 0.1) is 29.1 Å². The van der Waals surface area contributed by atoms with E-state index < -0.39 is 0 Å². The highest BCUT2D eigenvalue weighted by atomic mass is 32.1. The average molecular weight is 206 g/mol. The molecular weight excluding hydrogens is 196 g/mol. The Hall–Kier alpha value is -1.33. The van der Waals surface area contributed by atoms with E-state index in [2.05, 4.69) is 20.3 Å². The molecule has 1 N–H and O–H groups in total. The van der Waals surface area contributed by atoms with Crippen LogP contribution in [0.15, 0.2) is 29.5 Å². The molecule has 5 heteroatoms. The summed E-state index contributed by atoms with van der Waals surface area (Å²) in [6.07, 6.45) is 5.10. The third-order valence-corrected chi connectivity index (χ3v) is 2.52. The van der Waals surface area contributed by atoms with Crippen LogP contribution in [0.1, 0.15) is 17.4 Å². The molecule has 14 heavy (non-hydrogen) atoms. The quantitative estimate of drug-likeness (QED) is 0.821. The predicted molar refractivity (Wildman–Crippen MR) is 55.0 cm³/mol. The highest BCUT2D eigenvalue weighted by molar-refractivity contribution is 7.07. The summed E-state index contributed by atoms with van der Waals surface area (Å²) in [5, 5.41) is 5.17. The third-order valence-electron chi connectivity index (χ3n) is 1.91. The van der Waals surface area contributed by atoms with Crippen molar-refractivity contribution in [2.45, 2.75) is 6.04 Å². The maximum Gasteiger partial charge on any atom is 0.0946 e. The molecule has 0 aromatic carbocycles. The zero-order chi connectivity index (χ0) is 9.80. The molecule has 1 unspecified atom stereocenters. The highest BCUT2D eigenvalue weighted by Gasteiger charge is 2.14. The van der Waals surface area contributed by atoms with Gasteiger partial charge in [0.25, 0.3) is 0 Å². The fraction of sp³-hybridized carbons (Fsp3) is 0.222. The zero-order valence-corrected chi connectivity index (χ0v) is 8.53. The number of aromatic nitrogens is 3. The summed E-state index contributed by atoms with van der Waals surface area (Å²) in [6, 6.07) is 0.0370. The first-order valence-electron chi connectivity index (χ1n) is 4.23. The van der Waals surface area contributed by atoms with E-state index in [1.165, 1.54) is 0 Å². The van der Waals surface area contributed by atoms with Gasteiger partial charge in [-0.05, 0) is 7.05 Å². The third kappa shape index (κ3) is 1.78. The first-order chi connectivity index (χ1) is 6.92. The number of nitrogens with zero attached hydrogens (tertiary/aromatic N) is 3. The minimum absolute atomic E-state index is 0.0370. The summed E-state index contributed by atoms with van der Waals surface area (Å²) in [4.78, 5) is 12.5. The van der Waals surface area contributed by atoms with Crippen LogP contribution in [0.5, 0.6) is 0 Å². The lowest BCUT2D eigenvalue weighted by molar-refractivity contribution is 0.652. The Morgan fingerprint density at radius 1 is 1.29 bits per heavy atom. The SMILES string of the molecule is CNC(c1cnccn1)c1cscn1. The van der Waals surface area contributed by atoms with Gasteiger partial charge >= 0.3 is 0 Å². The molecule has 72 valence electrons. The summed E-state index contributed by atoms with van der Waals surface area (Å²) in [7, 11) is 1.89. The predicted octanol–water partition coefficient (Wildman–Crippen LogP) is 1.24. The second-order valence-electron chi connectivity index (χ2n) is 2.77. The summed E-state index contributed by atoms with van der Waals surface area (Å²) < 4.78 is 0. The van der Waals surface area contributed by atoms with Crippen molar-refractivity contribution in [3.63, 3.8) is 0 Å². The first kappa shape index (κ1) is 9.23. The fourth-order valence-corrected chi connectivity index (χ4v) is 1.85. The number of rotatable bonds is 3. The molecule has 0 bridgehead atoms. The molecule has 2 rings (SSSR count). The van der Waals surface area contributed by atoms with Gasteiger partial charge in [-0.3, -0.25) is 9.97 Å². The average Bonchev–Trinajstić information content (AvgIpc) is 2.74. The summed E-state index contributed by atoms with van der Waals surface area (Å²) >= 11 is 1.58. The van der Waals surface area contributed by atoms with E-state index >= 15 is 0 Å². The summed E-state index contributed by atoms with van der Waals surface area (Å²) in [5.41, 5.74) is 3.69. The molecule has 1 atom stereocenters. The Morgan fingerprint density at radius 3 is 2.79 bits per heavy atom. The Kier molecular flexibility index (Phi) is 2.81. The summed E-state index contributed by atoms with van der Waals surface area (Å²) in [6.45, 7) is 0. The highest BCUT2D eigenvalue weighted by Crippen LogP contribution is 2.18. The maximum atomic E-state index is 4.25. The van der Waals surface area contributed by atoms with Crippen molar-refractivity contribution in [1.82, 2.24) is 20.3 Å². The zero-order valence-electron chi connectivity index (χ0n) is 7.71. The Bertz CT molecular complexity index is 373. The molecule has 0 aliphatic rings. The van der Waals surface area contributed by atoms with Gasteiger partial charge < -0.3 is 5.32 Å². The molecule has 2 aromatic heterocycles. The van der Waals surface area contributed by atoms with Crippen LogP contribution in [0.3, 0.4) is 0 Å². The molecule has 0 amide bonds. The van der Waals surface area contributed by atoms with Crippen LogP contribution in [0.25, 0.3) is 0 Å². The van der Waals surface area contributed by atoms with Gasteiger partial charge in [0.15, 0.2) is 0 Å². The van der Waals surface area contributed by atoms with E-state index in [4.69, 9.17) is 0 Å². The van der Waals surface area contributed by atoms with Crippen molar-refractivity contribution >= 4 is 11.3 Å². The van der Waals surface area contributed by atoms with Crippen LogP contribution >= 0.6 is 11.3 Å². The minimum Gasteiger partial charge on any atom is -0.307 e. The molecule has 2 aromatic rings. The van der Waals surface area contributed by atoms with Crippen molar-refractivity contribution < 1.29 is 0 Å². The van der Waals surface area contributed by atoms with Crippen molar-refractivity contribution in [2.75, 3.05) is 7.05 Å². The molecule has 0 radical (unpaired) electrons. The van der Waals surface area contributed by atoms with Gasteiger partial charge in [-0.2, -0.15) is 0 Å². The van der Waals surface area contributed by atoms with Crippen molar-refractivity contribution in [2.24, 2.45) is 0 Å². The van der Waals surface area contributed by atoms with E-state index in [0.717, 1.165) is 11.4 Å². The topological polar surface area (TPSA) is 50.7 Å². The monoisotopic (exact) mass is 206 g/mol. The number of nitrogens with one attached hydrogen (secondary N) is 1. The molecule has 0 fully saturated rings. The van der Waals surface area contributed by atoms with Gasteiger partial charge in [0, 0.05) is 17.8 Å². The second kappa shape index (κ2) is 4.26. The van der Waals surface area contributed by atoms with Gasteiger partial charge in [0.1, 0.15) is 0 Å². The number of thiazole rings is 1. The molecule has 2 heterocycles. The lowest BCUT2D eigenvalue weighted by Crippen LogP contribution is -2.19. The Balaban J connectivity index is 2.31. The van der Waals surface area contributed by atoms with Crippen molar-refractivity contribution in [1.29, 1.82) is 0 Å². The lowest BCUT2D eigenvalue weighted by atomic mass is 10.2. The van der Waals surface area contributed by atoms with Crippen molar-refractivity contribution in [3.8, 4) is 0 Å². The van der Waals surface area contributed by atoms with E-state index in [1.54, 1.807) is 29.9 Å². The van der Waals surface area contributed by atoms with Crippen LogP contribution < -0.4 is 5.32 Å². The molecule has 0 aliphatic carbocycles. The molecule has 0 saturated carbocycles. The van der Waals surface area contributed by atoms with E-state index in [0.29, 0.717) is 0 Å². The Morgan fingerprint density at radius 2 is 2.21 bits per heavy atom. The van der Waals surface area contributed by atoms with E-state index in [1.807, 2.05) is 17.9 Å². The normalized spacial score (nSPS) is 12.6. The molecule has 0 aliphatic heterocycles. The molecule has 0 saturated heterocycles.